The zero-order valence-corrected chi connectivity index (χ0v) is 11.9. The van der Waals surface area contributed by atoms with Crippen molar-refractivity contribution < 1.29 is 9.47 Å². The SMILES string of the molecule is Cc1ccn2c(N=O)c(-c3ccc4c(c3)OCCO4)nc2c1. The van der Waals surface area contributed by atoms with E-state index in [1.165, 1.54) is 0 Å². The number of pyridine rings is 1. The van der Waals surface area contributed by atoms with E-state index in [9.17, 15) is 4.91 Å². The number of rotatable bonds is 2. The molecule has 3 aromatic rings. The number of hydrogen-bond acceptors (Lipinski definition) is 5. The molecular formula is C16H13N3O3. The summed E-state index contributed by atoms with van der Waals surface area (Å²) in [6.45, 7) is 3.03. The van der Waals surface area contributed by atoms with E-state index in [1.807, 2.05) is 37.3 Å². The molecule has 6 nitrogen and oxygen atoms in total. The molecule has 0 amide bonds. The van der Waals surface area contributed by atoms with Gasteiger partial charge in [0.2, 0.25) is 5.82 Å². The highest BCUT2D eigenvalue weighted by molar-refractivity contribution is 5.76. The van der Waals surface area contributed by atoms with Gasteiger partial charge >= 0.3 is 0 Å². The molecule has 1 aliphatic heterocycles. The van der Waals surface area contributed by atoms with Crippen LogP contribution in [-0.2, 0) is 0 Å². The Labute approximate surface area is 126 Å². The van der Waals surface area contributed by atoms with Gasteiger partial charge in [0.25, 0.3) is 0 Å². The van der Waals surface area contributed by atoms with Crippen LogP contribution >= 0.6 is 0 Å². The zero-order chi connectivity index (χ0) is 15.1. The van der Waals surface area contributed by atoms with Crippen molar-refractivity contribution in [1.82, 2.24) is 9.38 Å². The van der Waals surface area contributed by atoms with Gasteiger partial charge in [-0.25, -0.2) is 4.98 Å². The van der Waals surface area contributed by atoms with E-state index in [1.54, 1.807) is 10.6 Å². The minimum atomic E-state index is 0.284. The molecule has 4 rings (SSSR count). The Morgan fingerprint density at radius 1 is 1.14 bits per heavy atom. The number of aromatic nitrogens is 2. The van der Waals surface area contributed by atoms with Gasteiger partial charge in [-0.1, -0.05) is 0 Å². The second-order valence-electron chi connectivity index (χ2n) is 5.17. The van der Waals surface area contributed by atoms with E-state index >= 15 is 0 Å². The molecule has 0 saturated heterocycles. The number of fused-ring (bicyclic) bond motifs is 2. The van der Waals surface area contributed by atoms with Crippen LogP contribution in [0.3, 0.4) is 0 Å². The van der Waals surface area contributed by atoms with E-state index < -0.39 is 0 Å². The maximum atomic E-state index is 11.3. The first-order valence-corrected chi connectivity index (χ1v) is 6.98. The third kappa shape index (κ3) is 1.92. The van der Waals surface area contributed by atoms with Crippen molar-refractivity contribution in [3.05, 3.63) is 47.0 Å². The molecule has 0 N–H and O–H groups in total. The number of imidazole rings is 1. The number of nitrogens with zero attached hydrogens (tertiary/aromatic N) is 3. The van der Waals surface area contributed by atoms with Crippen LogP contribution in [0.4, 0.5) is 5.82 Å². The topological polar surface area (TPSA) is 65.2 Å². The van der Waals surface area contributed by atoms with E-state index in [0.717, 1.165) is 11.1 Å². The Kier molecular flexibility index (Phi) is 2.82. The molecule has 1 aliphatic rings. The third-order valence-electron chi connectivity index (χ3n) is 3.66. The largest absolute Gasteiger partial charge is 0.486 e. The fourth-order valence-corrected chi connectivity index (χ4v) is 2.61. The first-order chi connectivity index (χ1) is 10.8. The molecule has 22 heavy (non-hydrogen) atoms. The first-order valence-electron chi connectivity index (χ1n) is 6.98. The number of hydrogen-bond donors (Lipinski definition) is 0. The van der Waals surface area contributed by atoms with E-state index in [4.69, 9.17) is 9.47 Å². The minimum Gasteiger partial charge on any atom is -0.486 e. The lowest BCUT2D eigenvalue weighted by Gasteiger charge is -2.18. The lowest BCUT2D eigenvalue weighted by Crippen LogP contribution is -2.15. The van der Waals surface area contributed by atoms with Crippen LogP contribution in [0.1, 0.15) is 5.56 Å². The van der Waals surface area contributed by atoms with Crippen LogP contribution < -0.4 is 9.47 Å². The van der Waals surface area contributed by atoms with Gasteiger partial charge in [0.1, 0.15) is 24.6 Å². The van der Waals surface area contributed by atoms with Gasteiger partial charge in [-0.3, -0.25) is 4.40 Å². The van der Waals surface area contributed by atoms with Crippen molar-refractivity contribution in [2.75, 3.05) is 13.2 Å². The van der Waals surface area contributed by atoms with Gasteiger partial charge in [-0.15, -0.1) is 4.91 Å². The molecule has 0 radical (unpaired) electrons. The number of aryl methyl sites for hydroxylation is 1. The molecule has 2 aromatic heterocycles. The van der Waals surface area contributed by atoms with Gasteiger partial charge in [0.05, 0.1) is 0 Å². The Morgan fingerprint density at radius 2 is 1.95 bits per heavy atom. The first kappa shape index (κ1) is 12.8. The summed E-state index contributed by atoms with van der Waals surface area (Å²) in [5, 5.41) is 3.16. The summed E-state index contributed by atoms with van der Waals surface area (Å²) in [7, 11) is 0. The van der Waals surface area contributed by atoms with E-state index in [-0.39, 0.29) is 5.82 Å². The molecular weight excluding hydrogens is 282 g/mol. The van der Waals surface area contributed by atoms with Crippen molar-refractivity contribution >= 4 is 11.5 Å². The summed E-state index contributed by atoms with van der Waals surface area (Å²) in [5.74, 6) is 1.65. The van der Waals surface area contributed by atoms with Gasteiger partial charge in [0.15, 0.2) is 11.5 Å². The monoisotopic (exact) mass is 295 g/mol. The maximum absolute atomic E-state index is 11.3. The van der Waals surface area contributed by atoms with Crippen molar-refractivity contribution in [3.8, 4) is 22.8 Å². The average Bonchev–Trinajstić information content (AvgIpc) is 2.91. The standard InChI is InChI=1S/C16H13N3O3/c1-10-4-5-19-14(8-10)17-15(16(19)18-20)11-2-3-12-13(9-11)22-7-6-21-12/h2-5,8-9H,6-7H2,1H3. The molecule has 0 fully saturated rings. The third-order valence-corrected chi connectivity index (χ3v) is 3.66. The highest BCUT2D eigenvalue weighted by Gasteiger charge is 2.18. The number of benzene rings is 1. The van der Waals surface area contributed by atoms with Gasteiger partial charge in [0, 0.05) is 11.8 Å². The molecule has 0 unspecified atom stereocenters. The summed E-state index contributed by atoms with van der Waals surface area (Å²) >= 11 is 0. The van der Waals surface area contributed by atoms with Gasteiger partial charge < -0.3 is 9.47 Å². The van der Waals surface area contributed by atoms with E-state index in [2.05, 4.69) is 10.2 Å². The van der Waals surface area contributed by atoms with Crippen molar-refractivity contribution in [2.24, 2.45) is 5.18 Å². The lowest BCUT2D eigenvalue weighted by molar-refractivity contribution is 0.171. The summed E-state index contributed by atoms with van der Waals surface area (Å²) in [6.07, 6.45) is 1.80. The Morgan fingerprint density at radius 3 is 2.77 bits per heavy atom. The minimum absolute atomic E-state index is 0.284. The quantitative estimate of drug-likeness (QED) is 0.679. The average molecular weight is 295 g/mol. The molecule has 1 aromatic carbocycles. The Bertz CT molecular complexity index is 886. The van der Waals surface area contributed by atoms with Gasteiger partial charge in [-0.2, -0.15) is 0 Å². The molecule has 0 spiro atoms. The number of nitroso groups, excluding NO2 is 1. The number of ether oxygens (including phenoxy) is 2. The van der Waals surface area contributed by atoms with E-state index in [0.29, 0.717) is 36.1 Å². The molecule has 3 heterocycles. The molecule has 0 saturated carbocycles. The lowest BCUT2D eigenvalue weighted by atomic mass is 10.1. The zero-order valence-electron chi connectivity index (χ0n) is 11.9. The van der Waals surface area contributed by atoms with Crippen LogP contribution in [0.5, 0.6) is 11.5 Å². The maximum Gasteiger partial charge on any atom is 0.209 e. The summed E-state index contributed by atoms with van der Waals surface area (Å²) < 4.78 is 12.8. The second kappa shape index (κ2) is 4.84. The fraction of sp³-hybridized carbons (Fsp3) is 0.188. The summed E-state index contributed by atoms with van der Waals surface area (Å²) in [4.78, 5) is 15.8. The molecule has 0 atom stereocenters. The fourth-order valence-electron chi connectivity index (χ4n) is 2.61. The van der Waals surface area contributed by atoms with Gasteiger partial charge in [-0.05, 0) is 48.0 Å². The smallest absolute Gasteiger partial charge is 0.209 e. The van der Waals surface area contributed by atoms with Crippen molar-refractivity contribution in [2.45, 2.75) is 6.92 Å². The summed E-state index contributed by atoms with van der Waals surface area (Å²) in [5.41, 5.74) is 3.08. The molecule has 0 bridgehead atoms. The molecule has 0 aliphatic carbocycles. The predicted octanol–water partition coefficient (Wildman–Crippen LogP) is 3.48. The Balaban J connectivity index is 1.91. The predicted molar refractivity (Wildman–Crippen MR) is 81.8 cm³/mol. The normalized spacial score (nSPS) is 13.3. The van der Waals surface area contributed by atoms with Crippen LogP contribution in [0.15, 0.2) is 41.7 Å². The Hall–Kier alpha value is -2.89. The highest BCUT2D eigenvalue weighted by Crippen LogP contribution is 2.37. The van der Waals surface area contributed by atoms with Crippen LogP contribution in [0, 0.1) is 11.8 Å². The molecule has 110 valence electrons. The second-order valence-corrected chi connectivity index (χ2v) is 5.17. The van der Waals surface area contributed by atoms with Crippen LogP contribution in [-0.4, -0.2) is 22.6 Å². The van der Waals surface area contributed by atoms with Crippen LogP contribution in [0.25, 0.3) is 16.9 Å². The highest BCUT2D eigenvalue weighted by atomic mass is 16.6. The van der Waals surface area contributed by atoms with Crippen LogP contribution in [0.2, 0.25) is 0 Å². The van der Waals surface area contributed by atoms with Crippen molar-refractivity contribution in [3.63, 3.8) is 0 Å². The molecule has 6 heteroatoms. The van der Waals surface area contributed by atoms with Crippen molar-refractivity contribution in [1.29, 1.82) is 0 Å². The summed E-state index contributed by atoms with van der Waals surface area (Å²) in [6, 6.07) is 9.34.